The van der Waals surface area contributed by atoms with Crippen LogP contribution in [-0.2, 0) is 4.74 Å². The highest BCUT2D eigenvalue weighted by molar-refractivity contribution is 14.0. The Labute approximate surface area is 164 Å². The van der Waals surface area contributed by atoms with Crippen LogP contribution in [0.1, 0.15) is 60.3 Å². The number of guanidine groups is 1. The molecule has 1 unspecified atom stereocenters. The molecule has 0 aromatic carbocycles. The van der Waals surface area contributed by atoms with Gasteiger partial charge >= 0.3 is 6.09 Å². The fourth-order valence-corrected chi connectivity index (χ4v) is 2.50. The third-order valence-electron chi connectivity index (χ3n) is 3.76. The van der Waals surface area contributed by atoms with Crippen LogP contribution in [0.5, 0.6) is 0 Å². The highest BCUT2D eigenvalue weighted by Crippen LogP contribution is 2.20. The second-order valence-corrected chi connectivity index (χ2v) is 7.66. The second kappa shape index (κ2) is 11.0. The molecule has 24 heavy (non-hydrogen) atoms. The first-order valence-electron chi connectivity index (χ1n) is 8.72. The molecule has 0 radical (unpaired) electrons. The average molecular weight is 454 g/mol. The third-order valence-corrected chi connectivity index (χ3v) is 3.76. The summed E-state index contributed by atoms with van der Waals surface area (Å²) in [5.41, 5.74) is 5.43. The summed E-state index contributed by atoms with van der Waals surface area (Å²) >= 11 is 0. The Hall–Kier alpha value is -0.730. The second-order valence-electron chi connectivity index (χ2n) is 7.66. The molecule has 1 saturated heterocycles. The van der Waals surface area contributed by atoms with Crippen LogP contribution in [0.15, 0.2) is 4.99 Å². The molecular formula is C17H35IN4O2. The zero-order chi connectivity index (χ0) is 17.5. The maximum absolute atomic E-state index is 12.3. The topological polar surface area (TPSA) is 80.0 Å². The number of nitrogens with one attached hydrogen (secondary N) is 1. The van der Waals surface area contributed by atoms with Gasteiger partial charge < -0.3 is 20.7 Å². The number of nitrogens with two attached hydrogens (primary N) is 1. The lowest BCUT2D eigenvalue weighted by atomic mass is 10.0. The van der Waals surface area contributed by atoms with E-state index in [0.29, 0.717) is 18.4 Å². The number of hydrogen-bond donors (Lipinski definition) is 2. The molecule has 1 aliphatic heterocycles. The molecule has 0 aliphatic carbocycles. The van der Waals surface area contributed by atoms with Crippen molar-refractivity contribution in [1.29, 1.82) is 0 Å². The summed E-state index contributed by atoms with van der Waals surface area (Å²) in [5.74, 6) is 1.09. The minimum Gasteiger partial charge on any atom is -0.444 e. The highest BCUT2D eigenvalue weighted by atomic mass is 127. The first-order chi connectivity index (χ1) is 10.7. The van der Waals surface area contributed by atoms with Gasteiger partial charge in [-0.2, -0.15) is 0 Å². The van der Waals surface area contributed by atoms with Crippen molar-refractivity contribution in [1.82, 2.24) is 10.2 Å². The number of rotatable bonds is 5. The molecule has 0 aromatic heterocycles. The number of piperidine rings is 1. The van der Waals surface area contributed by atoms with Gasteiger partial charge in [-0.25, -0.2) is 4.79 Å². The summed E-state index contributed by atoms with van der Waals surface area (Å²) in [6.07, 6.45) is 3.89. The summed E-state index contributed by atoms with van der Waals surface area (Å²) in [5, 5.41) is 3.13. The van der Waals surface area contributed by atoms with Gasteiger partial charge in [0.05, 0.1) is 12.6 Å². The molecule has 0 aromatic rings. The van der Waals surface area contributed by atoms with Crippen molar-refractivity contribution in [2.24, 2.45) is 16.6 Å². The number of halogens is 1. The molecule has 1 heterocycles. The number of carbonyl (C=O) groups excluding carboxylic acids is 1. The lowest BCUT2D eigenvalue weighted by molar-refractivity contribution is 0.0110. The molecule has 1 fully saturated rings. The Morgan fingerprint density at radius 2 is 2.04 bits per heavy atom. The number of likely N-dealkylation sites (tertiary alicyclic amines) is 1. The first kappa shape index (κ1) is 23.3. The van der Waals surface area contributed by atoms with E-state index in [2.05, 4.69) is 24.2 Å². The van der Waals surface area contributed by atoms with Gasteiger partial charge in [-0.1, -0.05) is 13.8 Å². The molecular weight excluding hydrogens is 419 g/mol. The Morgan fingerprint density at radius 3 is 2.62 bits per heavy atom. The number of amides is 1. The predicted octanol–water partition coefficient (Wildman–Crippen LogP) is 3.34. The van der Waals surface area contributed by atoms with Crippen LogP contribution in [0.4, 0.5) is 4.79 Å². The maximum atomic E-state index is 12.3. The smallest absolute Gasteiger partial charge is 0.410 e. The third kappa shape index (κ3) is 9.54. The number of nitrogens with zero attached hydrogens (tertiary/aromatic N) is 2. The van der Waals surface area contributed by atoms with E-state index in [0.717, 1.165) is 38.8 Å². The highest BCUT2D eigenvalue weighted by Gasteiger charge is 2.30. The SMILES string of the molecule is CC(C)CCNC(N)=NCC1CCCCN1C(=O)OC(C)(C)C.I. The number of aliphatic imine (C=N–C) groups is 1. The molecule has 1 aliphatic rings. The van der Waals surface area contributed by atoms with Crippen molar-refractivity contribution in [3.05, 3.63) is 0 Å². The maximum Gasteiger partial charge on any atom is 0.410 e. The van der Waals surface area contributed by atoms with Crippen molar-refractivity contribution in [3.8, 4) is 0 Å². The van der Waals surface area contributed by atoms with Crippen LogP contribution in [0.3, 0.4) is 0 Å². The average Bonchev–Trinajstić information content (AvgIpc) is 2.43. The van der Waals surface area contributed by atoms with E-state index < -0.39 is 5.60 Å². The fraction of sp³-hybridized carbons (Fsp3) is 0.882. The van der Waals surface area contributed by atoms with Crippen molar-refractivity contribution in [2.75, 3.05) is 19.6 Å². The molecule has 1 rings (SSSR count). The van der Waals surface area contributed by atoms with Crippen molar-refractivity contribution >= 4 is 36.0 Å². The molecule has 0 spiro atoms. The van der Waals surface area contributed by atoms with Crippen LogP contribution in [0, 0.1) is 5.92 Å². The van der Waals surface area contributed by atoms with Gasteiger partial charge in [0.25, 0.3) is 0 Å². The van der Waals surface area contributed by atoms with Gasteiger partial charge in [-0.3, -0.25) is 4.99 Å². The molecule has 6 nitrogen and oxygen atoms in total. The standard InChI is InChI=1S/C17H34N4O2.HI/c1-13(2)9-10-19-15(18)20-12-14-8-6-7-11-21(14)16(22)23-17(3,4)5;/h13-14H,6-12H2,1-5H3,(H3,18,19,20);1H. The van der Waals surface area contributed by atoms with Gasteiger partial charge in [0, 0.05) is 13.1 Å². The summed E-state index contributed by atoms with van der Waals surface area (Å²) < 4.78 is 5.50. The van der Waals surface area contributed by atoms with Crippen LogP contribution in [-0.4, -0.2) is 48.2 Å². The Morgan fingerprint density at radius 1 is 1.38 bits per heavy atom. The van der Waals surface area contributed by atoms with Gasteiger partial charge in [0.15, 0.2) is 5.96 Å². The lowest BCUT2D eigenvalue weighted by Gasteiger charge is -2.36. The van der Waals surface area contributed by atoms with Crippen LogP contribution >= 0.6 is 24.0 Å². The largest absolute Gasteiger partial charge is 0.444 e. The molecule has 7 heteroatoms. The van der Waals surface area contributed by atoms with Crippen molar-refractivity contribution in [2.45, 2.75) is 71.9 Å². The normalized spacial score (nSPS) is 19.0. The van der Waals surface area contributed by atoms with Crippen LogP contribution in [0.2, 0.25) is 0 Å². The summed E-state index contributed by atoms with van der Waals surface area (Å²) in [4.78, 5) is 18.5. The zero-order valence-corrected chi connectivity index (χ0v) is 18.1. The minimum atomic E-state index is -0.472. The molecule has 0 bridgehead atoms. The summed E-state index contributed by atoms with van der Waals surface area (Å²) in [6, 6.07) is 0.0732. The van der Waals surface area contributed by atoms with Crippen molar-refractivity contribution < 1.29 is 9.53 Å². The van der Waals surface area contributed by atoms with Gasteiger partial charge in [0.2, 0.25) is 0 Å². The number of ether oxygens (including phenoxy) is 1. The van der Waals surface area contributed by atoms with Crippen LogP contribution in [0.25, 0.3) is 0 Å². The molecule has 142 valence electrons. The summed E-state index contributed by atoms with van der Waals surface area (Å²) in [6.45, 7) is 12.1. The molecule has 1 amide bonds. The van der Waals surface area contributed by atoms with Gasteiger partial charge in [-0.15, -0.1) is 24.0 Å². The van der Waals surface area contributed by atoms with E-state index in [-0.39, 0.29) is 36.1 Å². The minimum absolute atomic E-state index is 0. The molecule has 0 saturated carbocycles. The monoisotopic (exact) mass is 454 g/mol. The van der Waals surface area contributed by atoms with E-state index >= 15 is 0 Å². The quantitative estimate of drug-likeness (QED) is 0.380. The summed E-state index contributed by atoms with van der Waals surface area (Å²) in [7, 11) is 0. The lowest BCUT2D eigenvalue weighted by Crippen LogP contribution is -2.48. The fourth-order valence-electron chi connectivity index (χ4n) is 2.50. The molecule has 3 N–H and O–H groups in total. The Balaban J connectivity index is 0.00000529. The van der Waals surface area contributed by atoms with E-state index in [1.807, 2.05) is 20.8 Å². The van der Waals surface area contributed by atoms with Crippen LogP contribution < -0.4 is 11.1 Å². The van der Waals surface area contributed by atoms with E-state index in [4.69, 9.17) is 10.5 Å². The number of carbonyl (C=O) groups is 1. The Kier molecular flexibility index (Phi) is 10.7. The van der Waals surface area contributed by atoms with E-state index in [9.17, 15) is 4.79 Å². The molecule has 1 atom stereocenters. The zero-order valence-electron chi connectivity index (χ0n) is 15.8. The number of hydrogen-bond acceptors (Lipinski definition) is 3. The predicted molar refractivity (Wildman–Crippen MR) is 110 cm³/mol. The first-order valence-corrected chi connectivity index (χ1v) is 8.72. The Bertz CT molecular complexity index is 408. The van der Waals surface area contributed by atoms with E-state index in [1.165, 1.54) is 0 Å². The van der Waals surface area contributed by atoms with Gasteiger partial charge in [-0.05, 0) is 52.4 Å². The van der Waals surface area contributed by atoms with Gasteiger partial charge in [0.1, 0.15) is 5.60 Å². The van der Waals surface area contributed by atoms with Crippen molar-refractivity contribution in [3.63, 3.8) is 0 Å². The van der Waals surface area contributed by atoms with E-state index in [1.54, 1.807) is 4.90 Å².